The molecule has 0 heterocycles. The Morgan fingerprint density at radius 2 is 0.560 bits per heavy atom. The van der Waals surface area contributed by atoms with Gasteiger partial charge in [0.15, 0.2) is 23.1 Å². The van der Waals surface area contributed by atoms with Crippen LogP contribution in [0, 0.1) is 39.9 Å². The zero-order valence-corrected chi connectivity index (χ0v) is 18.4. The summed E-state index contributed by atoms with van der Waals surface area (Å²) in [6, 6.07) is 0. The third kappa shape index (κ3) is 4.74. The molecule has 0 aromatic carbocycles. The molecule has 13 heteroatoms. The van der Waals surface area contributed by atoms with E-state index in [2.05, 4.69) is 0 Å². The van der Waals surface area contributed by atoms with E-state index < -0.39 is 66.3 Å². The van der Waals surface area contributed by atoms with Crippen molar-refractivity contribution in [2.24, 2.45) is 0 Å². The largest absolute Gasteiger partial charge is 4.00 e. The summed E-state index contributed by atoms with van der Waals surface area (Å²) in [6.07, 6.45) is 0. The van der Waals surface area contributed by atoms with E-state index in [0.29, 0.717) is 0 Å². The van der Waals surface area contributed by atoms with Gasteiger partial charge >= 0.3 is 39.9 Å². The van der Waals surface area contributed by atoms with Crippen molar-refractivity contribution in [2.45, 2.75) is 0 Å². The molecule has 0 N–H and O–H groups in total. The zero-order valence-electron chi connectivity index (χ0n) is 11.3. The van der Waals surface area contributed by atoms with Crippen LogP contribution in [-0.4, -0.2) is 23.1 Å². The molecule has 2 aliphatic carbocycles. The van der Waals surface area contributed by atoms with Gasteiger partial charge in [-0.05, 0) is 23.0 Å². The van der Waals surface area contributed by atoms with E-state index in [1.807, 2.05) is 0 Å². The van der Waals surface area contributed by atoms with E-state index in [4.69, 9.17) is 46.4 Å². The molecule has 8 nitrogen and oxygen atoms in total. The number of Topliss-reactive ketones (excluding diaryl/α,β-unsaturated/α-hetero) is 4. The second-order valence-electron chi connectivity index (χ2n) is 3.89. The number of halogens is 4. The molecule has 0 bridgehead atoms. The number of ketones is 4. The van der Waals surface area contributed by atoms with Crippen molar-refractivity contribution < 1.29 is 79.5 Å². The van der Waals surface area contributed by atoms with Gasteiger partial charge in [0, 0.05) is 0 Å². The number of rotatable bonds is 0. The maximum absolute atomic E-state index is 10.7. The molecule has 0 spiro atoms. The van der Waals surface area contributed by atoms with Crippen LogP contribution >= 0.6 is 46.4 Å². The minimum Gasteiger partial charge on any atom is -0.869 e. The van der Waals surface area contributed by atoms with Crippen LogP contribution in [-0.2, 0) is 19.2 Å². The third-order valence-corrected chi connectivity index (χ3v) is 3.79. The van der Waals surface area contributed by atoms with Crippen LogP contribution < -0.4 is 20.4 Å². The molecule has 0 unspecified atom stereocenters. The van der Waals surface area contributed by atoms with E-state index >= 15 is 0 Å². The van der Waals surface area contributed by atoms with E-state index in [1.54, 1.807) is 0 Å². The van der Waals surface area contributed by atoms with Crippen LogP contribution in [0.2, 0.25) is 0 Å². The molecule has 0 aromatic rings. The molecular weight excluding hydrogens is 646 g/mol. The quantitative estimate of drug-likeness (QED) is 0.262. The van der Waals surface area contributed by atoms with Crippen molar-refractivity contribution in [3.8, 4) is 0 Å². The summed E-state index contributed by atoms with van der Waals surface area (Å²) >= 11 is 20.3. The number of hydrogen-bond acceptors (Lipinski definition) is 8. The van der Waals surface area contributed by atoms with Gasteiger partial charge in [0.05, 0.1) is 20.1 Å². The van der Waals surface area contributed by atoms with Crippen LogP contribution in [0.15, 0.2) is 43.2 Å². The molecule has 0 aliphatic heterocycles. The molecule has 0 amide bonds. The Morgan fingerprint density at radius 3 is 0.680 bits per heavy atom. The smallest absolute Gasteiger partial charge is 0.869 e. The van der Waals surface area contributed by atoms with Gasteiger partial charge in [-0.2, -0.15) is 0 Å². The molecule has 0 saturated heterocycles. The second kappa shape index (κ2) is 9.32. The number of carbonyl (C=O) groups excluding carboxylic acids is 4. The predicted octanol–water partition coefficient (Wildman–Crippen LogP) is -2.48. The first kappa shape index (κ1) is 24.3. The first-order chi connectivity index (χ1) is 10.9. The topological polar surface area (TPSA) is 161 Å². The molecule has 0 radical (unpaired) electrons. The van der Waals surface area contributed by atoms with Gasteiger partial charge in [0.2, 0.25) is 0 Å². The fourth-order valence-electron chi connectivity index (χ4n) is 1.21. The molecule has 2 rings (SSSR count). The summed E-state index contributed by atoms with van der Waals surface area (Å²) in [6.45, 7) is 0. The number of hydrogen-bond donors (Lipinski definition) is 0. The van der Waals surface area contributed by atoms with Crippen LogP contribution in [0.4, 0.5) is 0 Å². The van der Waals surface area contributed by atoms with Crippen molar-refractivity contribution in [1.82, 2.24) is 0 Å². The van der Waals surface area contributed by atoms with Gasteiger partial charge < -0.3 is 20.4 Å². The Bertz CT molecular complexity index is 629. The summed E-state index contributed by atoms with van der Waals surface area (Å²) in [5.41, 5.74) is 0. The Kier molecular flexibility index (Phi) is 9.06. The van der Waals surface area contributed by atoms with Gasteiger partial charge in [-0.3, -0.25) is 19.2 Å². The van der Waals surface area contributed by atoms with Crippen LogP contribution in [0.25, 0.3) is 0 Å². The minimum absolute atomic E-state index is 0. The van der Waals surface area contributed by atoms with Crippen molar-refractivity contribution in [3.63, 3.8) is 0 Å². The summed E-state index contributed by atoms with van der Waals surface area (Å²) < 4.78 is 0. The third-order valence-electron chi connectivity index (χ3n) is 2.42. The zero-order chi connectivity index (χ0) is 18.9. The van der Waals surface area contributed by atoms with Gasteiger partial charge in [-0.25, -0.2) is 0 Å². The van der Waals surface area contributed by atoms with Gasteiger partial charge in [-0.15, -0.1) is 0 Å². The fraction of sp³-hybridized carbons (Fsp3) is 0. The maximum Gasteiger partial charge on any atom is 4.00 e. The molecule has 2 aliphatic rings. The Morgan fingerprint density at radius 1 is 0.440 bits per heavy atom. The molecular formula is C12Cl4O8Th. The number of allylic oxidation sites excluding steroid dienone is 4. The van der Waals surface area contributed by atoms with Crippen molar-refractivity contribution in [2.75, 3.05) is 0 Å². The van der Waals surface area contributed by atoms with E-state index in [9.17, 15) is 39.6 Å². The van der Waals surface area contributed by atoms with Gasteiger partial charge in [0.1, 0.15) is 0 Å². The van der Waals surface area contributed by atoms with E-state index in [-0.39, 0.29) is 39.9 Å². The van der Waals surface area contributed by atoms with Crippen LogP contribution in [0.3, 0.4) is 0 Å². The molecule has 128 valence electrons. The fourth-order valence-corrected chi connectivity index (χ4v) is 1.90. The van der Waals surface area contributed by atoms with Gasteiger partial charge in [-0.1, -0.05) is 46.4 Å². The minimum atomic E-state index is -1.23. The first-order valence-corrected chi connectivity index (χ1v) is 6.90. The van der Waals surface area contributed by atoms with Crippen molar-refractivity contribution in [1.29, 1.82) is 0 Å². The predicted molar refractivity (Wildman–Crippen MR) is 71.5 cm³/mol. The Balaban J connectivity index is 0.000000443. The maximum atomic E-state index is 10.7. The normalized spacial score (nSPS) is 18.4. The summed E-state index contributed by atoms with van der Waals surface area (Å²) in [7, 11) is 0. The standard InChI is InChI=1S/2C6H2Cl2O4.Th/c2*7-1-3(9)5(11)2(8)6(12)4(1)10;/h2*9,12H;/q;;+4/p-4. The Hall–Kier alpha value is -0.675. The molecule has 0 fully saturated rings. The first-order valence-electron chi connectivity index (χ1n) is 5.39. The summed E-state index contributed by atoms with van der Waals surface area (Å²) in [5, 5.41) is 39.2. The monoisotopic (exact) mass is 644 g/mol. The number of carbonyl (C=O) groups is 4. The SMILES string of the molecule is O=C1C([O-])=C(Cl)C(=O)C([O-])=C1Cl.O=C1C([O-])=C(Cl)C(=O)C([O-])=C1Cl.[Th+4]. The molecule has 25 heavy (non-hydrogen) atoms. The summed E-state index contributed by atoms with van der Waals surface area (Å²) in [4.78, 5) is 42.8. The molecule has 0 aromatic heterocycles. The van der Waals surface area contributed by atoms with Crippen molar-refractivity contribution >= 4 is 69.5 Å². The van der Waals surface area contributed by atoms with E-state index in [0.717, 1.165) is 0 Å². The second-order valence-corrected chi connectivity index (χ2v) is 5.40. The molecule has 0 atom stereocenters. The average Bonchev–Trinajstić information content (AvgIpc) is 2.58. The summed E-state index contributed by atoms with van der Waals surface area (Å²) in [5.74, 6) is -9.84. The Labute approximate surface area is 190 Å². The van der Waals surface area contributed by atoms with Crippen molar-refractivity contribution in [3.05, 3.63) is 43.2 Å². The average molecular weight is 646 g/mol. The van der Waals surface area contributed by atoms with Crippen LogP contribution in [0.1, 0.15) is 0 Å². The molecule has 0 saturated carbocycles. The van der Waals surface area contributed by atoms with Crippen LogP contribution in [0.5, 0.6) is 0 Å². The van der Waals surface area contributed by atoms with E-state index in [1.165, 1.54) is 0 Å². The van der Waals surface area contributed by atoms with Gasteiger partial charge in [0.25, 0.3) is 0 Å².